The first-order valence-electron chi connectivity index (χ1n) is 20.4. The predicted molar refractivity (Wildman–Crippen MR) is 240 cm³/mol. The van der Waals surface area contributed by atoms with Crippen molar-refractivity contribution < 1.29 is 0 Å². The molecule has 9 aromatic rings. The van der Waals surface area contributed by atoms with Crippen molar-refractivity contribution in [2.75, 3.05) is 4.90 Å². The number of fused-ring (bicyclic) bond motifs is 14. The number of anilines is 3. The molecule has 2 heterocycles. The second-order valence-electron chi connectivity index (χ2n) is 16.2. The van der Waals surface area contributed by atoms with Crippen molar-refractivity contribution >= 4 is 38.7 Å². The number of pyridine rings is 1. The Morgan fingerprint density at radius 3 is 2.02 bits per heavy atom. The van der Waals surface area contributed by atoms with Crippen molar-refractivity contribution in [1.29, 1.82) is 0 Å². The SMILES string of the molecule is C1=CC2c3ccccc3C3(c4ccccc4-c4c(N5c6ccccc6-c6nc7ccc(-c8cccc(-c9ccccc9)c8)cc7c7cccc5c67)cccc43)C2C=C1. The normalized spacial score (nSPS) is 18.9. The standard InChI is InChI=1S/C56H36N2/c1-2-15-35(16-3-1)36-17-12-18-37(33-36)38-31-32-49-44(34-38)41-23-13-29-52-54(41)55(57-49)43-22-7-11-28-50(43)58(52)51-30-14-27-48-53(51)42-21-6-10-26-47(42)56(48)45-24-8-4-19-39(45)40-20-5-9-25-46(40)56/h1-34,39,45H. The van der Waals surface area contributed by atoms with E-state index in [9.17, 15) is 0 Å². The summed E-state index contributed by atoms with van der Waals surface area (Å²) in [5.74, 6) is 0.605. The number of aromatic nitrogens is 1. The van der Waals surface area contributed by atoms with Gasteiger partial charge in [0, 0.05) is 33.7 Å². The lowest BCUT2D eigenvalue weighted by atomic mass is 9.65. The van der Waals surface area contributed by atoms with Gasteiger partial charge in [0.05, 0.1) is 33.7 Å². The molecule has 4 aliphatic rings. The van der Waals surface area contributed by atoms with Crippen LogP contribution >= 0.6 is 0 Å². The maximum atomic E-state index is 5.50. The first-order chi connectivity index (χ1) is 28.8. The van der Waals surface area contributed by atoms with Crippen LogP contribution in [-0.2, 0) is 5.41 Å². The summed E-state index contributed by atoms with van der Waals surface area (Å²) in [4.78, 5) is 8.04. The molecule has 1 spiro atoms. The van der Waals surface area contributed by atoms with Crippen molar-refractivity contribution in [2.24, 2.45) is 5.92 Å². The van der Waals surface area contributed by atoms with Gasteiger partial charge >= 0.3 is 0 Å². The number of hydrogen-bond acceptors (Lipinski definition) is 2. The molecule has 270 valence electrons. The third kappa shape index (κ3) is 4.14. The van der Waals surface area contributed by atoms with Crippen LogP contribution in [0.5, 0.6) is 0 Å². The molecule has 0 bridgehead atoms. The van der Waals surface area contributed by atoms with Gasteiger partial charge in [-0.15, -0.1) is 0 Å². The Kier molecular flexibility index (Phi) is 6.52. The molecular formula is C56H36N2. The summed E-state index contributed by atoms with van der Waals surface area (Å²) in [5.41, 5.74) is 19.5. The molecule has 0 fully saturated rings. The lowest BCUT2D eigenvalue weighted by Crippen LogP contribution is -2.33. The van der Waals surface area contributed by atoms with Gasteiger partial charge < -0.3 is 4.90 Å². The van der Waals surface area contributed by atoms with E-state index >= 15 is 0 Å². The largest absolute Gasteiger partial charge is 0.308 e. The number of allylic oxidation sites excluding steroid dienone is 4. The number of nitrogens with zero attached hydrogens (tertiary/aromatic N) is 2. The van der Waals surface area contributed by atoms with E-state index in [4.69, 9.17) is 4.98 Å². The van der Waals surface area contributed by atoms with Gasteiger partial charge in [0.2, 0.25) is 0 Å². The molecule has 58 heavy (non-hydrogen) atoms. The van der Waals surface area contributed by atoms with Gasteiger partial charge in [0.25, 0.3) is 0 Å². The lowest BCUT2D eigenvalue weighted by Gasteiger charge is -2.37. The molecule has 2 nitrogen and oxygen atoms in total. The van der Waals surface area contributed by atoms with Crippen LogP contribution in [0.1, 0.15) is 28.2 Å². The van der Waals surface area contributed by atoms with Gasteiger partial charge in [-0.1, -0.05) is 170 Å². The smallest absolute Gasteiger partial charge is 0.0830 e. The van der Waals surface area contributed by atoms with Crippen LogP contribution in [0.2, 0.25) is 0 Å². The first-order valence-corrected chi connectivity index (χ1v) is 20.4. The molecule has 0 amide bonds. The molecule has 3 aliphatic carbocycles. The molecule has 3 atom stereocenters. The summed E-state index contributed by atoms with van der Waals surface area (Å²) in [7, 11) is 0. The summed E-state index contributed by atoms with van der Waals surface area (Å²) >= 11 is 0. The molecule has 1 aromatic heterocycles. The number of benzene rings is 8. The van der Waals surface area contributed by atoms with Crippen LogP contribution in [0.3, 0.4) is 0 Å². The van der Waals surface area contributed by atoms with E-state index in [1.54, 1.807) is 0 Å². The van der Waals surface area contributed by atoms with Crippen molar-refractivity contribution in [3.8, 4) is 44.6 Å². The Morgan fingerprint density at radius 2 is 1.10 bits per heavy atom. The molecule has 1 aliphatic heterocycles. The molecule has 0 saturated carbocycles. The minimum atomic E-state index is -0.296. The van der Waals surface area contributed by atoms with Gasteiger partial charge in [0.1, 0.15) is 0 Å². The van der Waals surface area contributed by atoms with Gasteiger partial charge in [-0.25, -0.2) is 4.98 Å². The highest BCUT2D eigenvalue weighted by molar-refractivity contribution is 6.21. The monoisotopic (exact) mass is 736 g/mol. The predicted octanol–water partition coefficient (Wildman–Crippen LogP) is 14.3. The Labute approximate surface area is 337 Å². The minimum Gasteiger partial charge on any atom is -0.308 e. The van der Waals surface area contributed by atoms with E-state index in [1.165, 1.54) is 72.1 Å². The van der Waals surface area contributed by atoms with Crippen LogP contribution in [-0.4, -0.2) is 4.98 Å². The van der Waals surface area contributed by atoms with Crippen LogP contribution < -0.4 is 4.90 Å². The third-order valence-electron chi connectivity index (χ3n) is 13.5. The van der Waals surface area contributed by atoms with E-state index in [2.05, 4.69) is 211 Å². The molecule has 13 rings (SSSR count). The van der Waals surface area contributed by atoms with Crippen molar-refractivity contribution in [3.63, 3.8) is 0 Å². The Morgan fingerprint density at radius 1 is 0.448 bits per heavy atom. The average molecular weight is 737 g/mol. The maximum absolute atomic E-state index is 5.50. The second-order valence-corrected chi connectivity index (χ2v) is 16.2. The van der Waals surface area contributed by atoms with E-state index < -0.39 is 0 Å². The Balaban J connectivity index is 1.05. The van der Waals surface area contributed by atoms with Gasteiger partial charge in [-0.3, -0.25) is 0 Å². The van der Waals surface area contributed by atoms with E-state index in [1.807, 2.05) is 0 Å². The second kappa shape index (κ2) is 11.9. The molecule has 0 N–H and O–H groups in total. The zero-order chi connectivity index (χ0) is 38.0. The number of hydrogen-bond donors (Lipinski definition) is 0. The molecule has 0 radical (unpaired) electrons. The highest BCUT2D eigenvalue weighted by Gasteiger charge is 2.57. The Hall–Kier alpha value is -7.29. The lowest BCUT2D eigenvalue weighted by molar-refractivity contribution is 0.465. The van der Waals surface area contributed by atoms with Crippen LogP contribution in [0.15, 0.2) is 206 Å². The summed E-state index contributed by atoms with van der Waals surface area (Å²) in [6.45, 7) is 0. The van der Waals surface area contributed by atoms with Gasteiger partial charge in [-0.2, -0.15) is 0 Å². The summed E-state index contributed by atoms with van der Waals surface area (Å²) < 4.78 is 0. The topological polar surface area (TPSA) is 16.1 Å². The molecule has 0 saturated heterocycles. The highest BCUT2D eigenvalue weighted by atomic mass is 15.2. The number of rotatable bonds is 3. The highest BCUT2D eigenvalue weighted by Crippen LogP contribution is 2.67. The van der Waals surface area contributed by atoms with E-state index in [-0.39, 0.29) is 11.3 Å². The molecule has 2 heteroatoms. The average Bonchev–Trinajstić information content (AvgIpc) is 3.77. The van der Waals surface area contributed by atoms with Crippen molar-refractivity contribution in [3.05, 3.63) is 229 Å². The quantitative estimate of drug-likeness (QED) is 0.168. The van der Waals surface area contributed by atoms with E-state index in [0.717, 1.165) is 33.5 Å². The summed E-state index contributed by atoms with van der Waals surface area (Å²) in [5, 5.41) is 3.57. The van der Waals surface area contributed by atoms with Crippen LogP contribution in [0.4, 0.5) is 17.1 Å². The van der Waals surface area contributed by atoms with E-state index in [0.29, 0.717) is 5.92 Å². The summed E-state index contributed by atoms with van der Waals surface area (Å²) in [6, 6.07) is 67.4. The Bertz CT molecular complexity index is 3260. The number of para-hydroxylation sites is 1. The third-order valence-corrected chi connectivity index (χ3v) is 13.5. The fourth-order valence-corrected chi connectivity index (χ4v) is 11.2. The fraction of sp³-hybridized carbons (Fsp3) is 0.0536. The first kappa shape index (κ1) is 31.9. The maximum Gasteiger partial charge on any atom is 0.0830 e. The van der Waals surface area contributed by atoms with Crippen molar-refractivity contribution in [2.45, 2.75) is 11.3 Å². The van der Waals surface area contributed by atoms with Crippen molar-refractivity contribution in [1.82, 2.24) is 4.98 Å². The minimum absolute atomic E-state index is 0.281. The molecular weight excluding hydrogens is 701 g/mol. The molecule has 3 unspecified atom stereocenters. The zero-order valence-corrected chi connectivity index (χ0v) is 31.7. The van der Waals surface area contributed by atoms with Crippen LogP contribution in [0, 0.1) is 5.92 Å². The van der Waals surface area contributed by atoms with Crippen LogP contribution in [0.25, 0.3) is 66.3 Å². The fourth-order valence-electron chi connectivity index (χ4n) is 11.2. The molecule has 8 aromatic carbocycles. The zero-order valence-electron chi connectivity index (χ0n) is 31.7. The van der Waals surface area contributed by atoms with Gasteiger partial charge in [-0.05, 0) is 91.9 Å². The van der Waals surface area contributed by atoms with Gasteiger partial charge in [0.15, 0.2) is 0 Å². The summed E-state index contributed by atoms with van der Waals surface area (Å²) in [6.07, 6.45) is 9.39.